The van der Waals surface area contributed by atoms with Gasteiger partial charge in [0.05, 0.1) is 5.37 Å². The third kappa shape index (κ3) is 2.94. The van der Waals surface area contributed by atoms with Gasteiger partial charge in [-0.1, -0.05) is 66.4 Å². The Morgan fingerprint density at radius 2 is 1.65 bits per heavy atom. The molecule has 3 aromatic carbocycles. The molecule has 2 atom stereocenters. The van der Waals surface area contributed by atoms with Crippen molar-refractivity contribution in [2.24, 2.45) is 0 Å². The molecular formula is C21H20N4S. The predicted molar refractivity (Wildman–Crippen MR) is 111 cm³/mol. The Bertz CT molecular complexity index is 1050. The molecule has 0 bridgehead atoms. The zero-order chi connectivity index (χ0) is 17.3. The van der Waals surface area contributed by atoms with Gasteiger partial charge >= 0.3 is 0 Å². The molecule has 1 saturated heterocycles. The number of para-hydroxylation sites is 1. The van der Waals surface area contributed by atoms with Crippen molar-refractivity contribution in [3.63, 3.8) is 0 Å². The monoisotopic (exact) mass is 360 g/mol. The molecule has 1 aromatic heterocycles. The number of aromatic nitrogens is 1. The van der Waals surface area contributed by atoms with Crippen LogP contribution in [0.4, 0.5) is 5.69 Å². The van der Waals surface area contributed by atoms with Crippen LogP contribution in [0, 0.1) is 0 Å². The van der Waals surface area contributed by atoms with E-state index >= 15 is 0 Å². The summed E-state index contributed by atoms with van der Waals surface area (Å²) in [5.74, 6) is 0. The number of thioether (sulfide) groups is 1. The summed E-state index contributed by atoms with van der Waals surface area (Å²) in [6.45, 7) is 0.916. The van der Waals surface area contributed by atoms with Crippen molar-refractivity contribution in [2.45, 2.75) is 17.4 Å². The van der Waals surface area contributed by atoms with E-state index in [1.807, 2.05) is 11.8 Å². The van der Waals surface area contributed by atoms with Gasteiger partial charge in [-0.05, 0) is 29.0 Å². The average molecular weight is 360 g/mol. The van der Waals surface area contributed by atoms with Gasteiger partial charge in [-0.25, -0.2) is 10.9 Å². The molecule has 130 valence electrons. The fraction of sp³-hybridized carbons (Fsp3) is 0.143. The molecular weight excluding hydrogens is 340 g/mol. The zero-order valence-corrected chi connectivity index (χ0v) is 15.0. The molecule has 5 heteroatoms. The molecule has 0 aliphatic carbocycles. The summed E-state index contributed by atoms with van der Waals surface area (Å²) in [6.07, 6.45) is 2.17. The van der Waals surface area contributed by atoms with Crippen LogP contribution in [0.5, 0.6) is 0 Å². The summed E-state index contributed by atoms with van der Waals surface area (Å²) >= 11 is 1.87. The van der Waals surface area contributed by atoms with E-state index in [1.54, 1.807) is 0 Å². The average Bonchev–Trinajstić information content (AvgIpc) is 3.30. The van der Waals surface area contributed by atoms with Crippen molar-refractivity contribution in [1.29, 1.82) is 0 Å². The van der Waals surface area contributed by atoms with Crippen LogP contribution in [0.15, 0.2) is 79.0 Å². The van der Waals surface area contributed by atoms with Crippen LogP contribution in [-0.4, -0.2) is 15.4 Å². The second-order valence-electron chi connectivity index (χ2n) is 6.49. The van der Waals surface area contributed by atoms with Crippen LogP contribution < -0.4 is 16.2 Å². The van der Waals surface area contributed by atoms with E-state index in [0.29, 0.717) is 5.37 Å². The fourth-order valence-corrected chi connectivity index (χ4v) is 4.57. The van der Waals surface area contributed by atoms with Crippen LogP contribution in [0.2, 0.25) is 0 Å². The number of rotatable bonds is 4. The van der Waals surface area contributed by atoms with E-state index in [-0.39, 0.29) is 5.50 Å². The lowest BCUT2D eigenvalue weighted by atomic mass is 10.1. The molecule has 4 nitrogen and oxygen atoms in total. The van der Waals surface area contributed by atoms with Gasteiger partial charge in [0.1, 0.15) is 5.50 Å². The van der Waals surface area contributed by atoms with Crippen molar-refractivity contribution in [1.82, 2.24) is 15.4 Å². The van der Waals surface area contributed by atoms with E-state index in [0.717, 1.165) is 12.2 Å². The van der Waals surface area contributed by atoms with Crippen LogP contribution >= 0.6 is 11.8 Å². The van der Waals surface area contributed by atoms with Crippen molar-refractivity contribution >= 4 is 39.1 Å². The molecule has 0 saturated carbocycles. The van der Waals surface area contributed by atoms with Crippen molar-refractivity contribution in [3.8, 4) is 0 Å². The van der Waals surface area contributed by atoms with E-state index in [2.05, 4.69) is 99.7 Å². The summed E-state index contributed by atoms with van der Waals surface area (Å²) in [4.78, 5) is 0. The van der Waals surface area contributed by atoms with Gasteiger partial charge < -0.3 is 9.88 Å². The molecule has 2 heterocycles. The molecule has 0 spiro atoms. The third-order valence-electron chi connectivity index (χ3n) is 4.79. The molecule has 5 rings (SSSR count). The van der Waals surface area contributed by atoms with Gasteiger partial charge in [0.15, 0.2) is 0 Å². The Morgan fingerprint density at radius 1 is 0.846 bits per heavy atom. The summed E-state index contributed by atoms with van der Waals surface area (Å²) < 4.78 is 2.31. The first-order chi connectivity index (χ1) is 12.9. The first kappa shape index (κ1) is 15.8. The van der Waals surface area contributed by atoms with E-state index < -0.39 is 0 Å². The molecule has 3 N–H and O–H groups in total. The lowest BCUT2D eigenvalue weighted by molar-refractivity contribution is 0.514. The number of nitrogens with one attached hydrogen (secondary N) is 3. The number of benzene rings is 3. The molecule has 4 aromatic rings. The first-order valence-corrected chi connectivity index (χ1v) is 9.76. The maximum absolute atomic E-state index is 3.61. The smallest absolute Gasteiger partial charge is 0.139 e. The van der Waals surface area contributed by atoms with E-state index in [4.69, 9.17) is 0 Å². The number of hydrogen-bond donors (Lipinski definition) is 3. The Kier molecular flexibility index (Phi) is 4.05. The number of fused-ring (bicyclic) bond motifs is 2. The van der Waals surface area contributed by atoms with Crippen molar-refractivity contribution in [3.05, 3.63) is 79.0 Å². The first-order valence-electron chi connectivity index (χ1n) is 8.81. The highest BCUT2D eigenvalue weighted by atomic mass is 32.2. The van der Waals surface area contributed by atoms with Gasteiger partial charge in [-0.2, -0.15) is 0 Å². The number of anilines is 1. The Labute approximate surface area is 156 Å². The Morgan fingerprint density at radius 3 is 2.62 bits per heavy atom. The third-order valence-corrected chi connectivity index (χ3v) is 5.90. The summed E-state index contributed by atoms with van der Waals surface area (Å²) in [6, 6.07) is 25.5. The van der Waals surface area contributed by atoms with Gasteiger partial charge in [-0.3, -0.25) is 0 Å². The Hall–Kier alpha value is -2.47. The second-order valence-corrected chi connectivity index (χ2v) is 7.80. The standard InChI is InChI=1S/C21H20N4S/c1-3-9-17-15(6-1)8-5-10-18(17)22-21-24-23-20(26-21)14-25-13-12-16-7-2-4-11-19(16)25/h1-13,20-24H,14H2. The van der Waals surface area contributed by atoms with Gasteiger partial charge in [0, 0.05) is 29.3 Å². The number of nitrogens with zero attached hydrogens (tertiary/aromatic N) is 1. The van der Waals surface area contributed by atoms with E-state index in [1.165, 1.54) is 21.7 Å². The number of hydrazine groups is 1. The van der Waals surface area contributed by atoms with Gasteiger partial charge in [0.2, 0.25) is 0 Å². The fourth-order valence-electron chi connectivity index (χ4n) is 3.53. The maximum atomic E-state index is 3.61. The normalized spacial score (nSPS) is 20.0. The zero-order valence-electron chi connectivity index (χ0n) is 14.2. The predicted octanol–water partition coefficient (Wildman–Crippen LogP) is 4.36. The lowest BCUT2D eigenvalue weighted by Gasteiger charge is -2.15. The number of hydrogen-bond acceptors (Lipinski definition) is 4. The molecule has 1 aliphatic rings. The maximum Gasteiger partial charge on any atom is 0.139 e. The quantitative estimate of drug-likeness (QED) is 0.506. The molecule has 0 amide bonds. The van der Waals surface area contributed by atoms with Crippen molar-refractivity contribution < 1.29 is 0 Å². The molecule has 0 radical (unpaired) electrons. The topological polar surface area (TPSA) is 41.0 Å². The van der Waals surface area contributed by atoms with E-state index in [9.17, 15) is 0 Å². The Balaban J connectivity index is 1.30. The minimum absolute atomic E-state index is 0.132. The lowest BCUT2D eigenvalue weighted by Crippen LogP contribution is -2.37. The minimum Gasteiger partial charge on any atom is -0.360 e. The van der Waals surface area contributed by atoms with Crippen LogP contribution in [0.1, 0.15) is 0 Å². The second kappa shape index (κ2) is 6.68. The summed E-state index contributed by atoms with van der Waals surface area (Å²) in [7, 11) is 0. The van der Waals surface area contributed by atoms with Gasteiger partial charge in [-0.15, -0.1) is 0 Å². The molecule has 2 unspecified atom stereocenters. The molecule has 1 aliphatic heterocycles. The summed E-state index contributed by atoms with van der Waals surface area (Å²) in [5.41, 5.74) is 9.34. The highest BCUT2D eigenvalue weighted by molar-refractivity contribution is 8.00. The summed E-state index contributed by atoms with van der Waals surface area (Å²) in [5, 5.41) is 7.70. The highest BCUT2D eigenvalue weighted by Gasteiger charge is 2.25. The highest BCUT2D eigenvalue weighted by Crippen LogP contribution is 2.28. The SMILES string of the molecule is c1ccc2c(NC3NNC(Cn4ccc5ccccc54)S3)cccc2c1. The molecule has 1 fully saturated rings. The van der Waals surface area contributed by atoms with Crippen LogP contribution in [0.25, 0.3) is 21.7 Å². The largest absolute Gasteiger partial charge is 0.360 e. The van der Waals surface area contributed by atoms with Gasteiger partial charge in [0.25, 0.3) is 0 Å². The van der Waals surface area contributed by atoms with Crippen molar-refractivity contribution in [2.75, 3.05) is 5.32 Å². The molecule has 26 heavy (non-hydrogen) atoms. The van der Waals surface area contributed by atoms with Crippen LogP contribution in [-0.2, 0) is 6.54 Å². The van der Waals surface area contributed by atoms with Crippen LogP contribution in [0.3, 0.4) is 0 Å². The minimum atomic E-state index is 0.132.